The van der Waals surface area contributed by atoms with E-state index >= 15 is 0 Å². The SMILES string of the molecule is Cc1noc(C)c1CN1C(=O)N[C@](C)(c2ccc3c(c2)OCO3)C1=O. The molecule has 1 aromatic heterocycles. The van der Waals surface area contributed by atoms with Crippen LogP contribution in [0.15, 0.2) is 22.7 Å². The maximum atomic E-state index is 13.0. The summed E-state index contributed by atoms with van der Waals surface area (Å²) in [7, 11) is 0. The molecular formula is C17H17N3O5. The molecule has 8 heteroatoms. The number of aryl methyl sites for hydroxylation is 2. The van der Waals surface area contributed by atoms with E-state index in [0.717, 1.165) is 5.56 Å². The number of carbonyl (C=O) groups excluding carboxylic acids is 2. The summed E-state index contributed by atoms with van der Waals surface area (Å²) in [5.74, 6) is 1.44. The third kappa shape index (κ3) is 2.25. The zero-order valence-corrected chi connectivity index (χ0v) is 14.1. The number of carbonyl (C=O) groups is 2. The Kier molecular flexibility index (Phi) is 3.24. The minimum atomic E-state index is -1.17. The first kappa shape index (κ1) is 15.5. The van der Waals surface area contributed by atoms with Crippen molar-refractivity contribution in [3.63, 3.8) is 0 Å². The first-order valence-corrected chi connectivity index (χ1v) is 7.86. The fourth-order valence-corrected chi connectivity index (χ4v) is 3.13. The molecule has 0 aliphatic carbocycles. The monoisotopic (exact) mass is 343 g/mol. The van der Waals surface area contributed by atoms with Crippen molar-refractivity contribution in [2.45, 2.75) is 32.9 Å². The quantitative estimate of drug-likeness (QED) is 0.857. The van der Waals surface area contributed by atoms with Crippen LogP contribution in [0.1, 0.15) is 29.5 Å². The highest BCUT2D eigenvalue weighted by Gasteiger charge is 2.49. The molecule has 1 aromatic carbocycles. The molecule has 3 heterocycles. The molecule has 2 aliphatic heterocycles. The number of amides is 3. The molecule has 0 unspecified atom stereocenters. The lowest BCUT2D eigenvalue weighted by Gasteiger charge is -2.22. The summed E-state index contributed by atoms with van der Waals surface area (Å²) in [6, 6.07) is 4.76. The third-order valence-electron chi connectivity index (χ3n) is 4.72. The van der Waals surface area contributed by atoms with E-state index in [1.54, 1.807) is 39.0 Å². The molecule has 8 nitrogen and oxygen atoms in total. The Labute approximate surface area is 143 Å². The van der Waals surface area contributed by atoms with E-state index in [4.69, 9.17) is 14.0 Å². The maximum absolute atomic E-state index is 13.0. The van der Waals surface area contributed by atoms with Gasteiger partial charge in [0.2, 0.25) is 6.79 Å². The average molecular weight is 343 g/mol. The van der Waals surface area contributed by atoms with Gasteiger partial charge in [0.25, 0.3) is 5.91 Å². The smallest absolute Gasteiger partial charge is 0.325 e. The minimum Gasteiger partial charge on any atom is -0.454 e. The summed E-state index contributed by atoms with van der Waals surface area (Å²) in [5.41, 5.74) is 0.862. The van der Waals surface area contributed by atoms with Gasteiger partial charge in [-0.3, -0.25) is 9.69 Å². The predicted molar refractivity (Wildman–Crippen MR) is 85.0 cm³/mol. The molecule has 2 aromatic rings. The number of urea groups is 1. The van der Waals surface area contributed by atoms with Crippen LogP contribution in [0.25, 0.3) is 0 Å². The number of ether oxygens (including phenoxy) is 2. The van der Waals surface area contributed by atoms with Crippen molar-refractivity contribution in [3.8, 4) is 11.5 Å². The topological polar surface area (TPSA) is 93.9 Å². The van der Waals surface area contributed by atoms with E-state index in [2.05, 4.69) is 10.5 Å². The van der Waals surface area contributed by atoms with Gasteiger partial charge in [0.15, 0.2) is 11.5 Å². The van der Waals surface area contributed by atoms with E-state index in [1.807, 2.05) is 0 Å². The van der Waals surface area contributed by atoms with Crippen molar-refractivity contribution < 1.29 is 23.6 Å². The predicted octanol–water partition coefficient (Wildman–Crippen LogP) is 1.99. The molecule has 0 bridgehead atoms. The van der Waals surface area contributed by atoms with Crippen LogP contribution in [-0.4, -0.2) is 28.8 Å². The zero-order chi connectivity index (χ0) is 17.8. The largest absolute Gasteiger partial charge is 0.454 e. The van der Waals surface area contributed by atoms with Crippen LogP contribution >= 0.6 is 0 Å². The maximum Gasteiger partial charge on any atom is 0.325 e. The summed E-state index contributed by atoms with van der Waals surface area (Å²) < 4.78 is 15.8. The van der Waals surface area contributed by atoms with Crippen molar-refractivity contribution in [1.82, 2.24) is 15.4 Å². The van der Waals surface area contributed by atoms with Crippen LogP contribution in [-0.2, 0) is 16.9 Å². The standard InChI is InChI=1S/C17H17N3O5/c1-9-12(10(2)25-19-9)7-20-15(21)17(3,18-16(20)22)11-4-5-13-14(6-11)24-8-23-13/h4-6H,7-8H2,1-3H3,(H,18,22)/t17-/m1/s1. The second kappa shape index (κ2) is 5.23. The third-order valence-corrected chi connectivity index (χ3v) is 4.72. The van der Waals surface area contributed by atoms with Crippen LogP contribution in [0.3, 0.4) is 0 Å². The van der Waals surface area contributed by atoms with Crippen LogP contribution in [0.2, 0.25) is 0 Å². The number of hydrogen-bond acceptors (Lipinski definition) is 6. The Balaban J connectivity index is 1.66. The summed E-state index contributed by atoms with van der Waals surface area (Å²) in [6.07, 6.45) is 0. The summed E-state index contributed by atoms with van der Waals surface area (Å²) >= 11 is 0. The van der Waals surface area contributed by atoms with Crippen molar-refractivity contribution in [1.29, 1.82) is 0 Å². The molecule has 1 atom stereocenters. The van der Waals surface area contributed by atoms with Gasteiger partial charge in [-0.15, -0.1) is 0 Å². The molecule has 0 saturated carbocycles. The zero-order valence-electron chi connectivity index (χ0n) is 14.1. The summed E-state index contributed by atoms with van der Waals surface area (Å²) in [6.45, 7) is 5.48. The average Bonchev–Trinajstić information content (AvgIpc) is 3.23. The number of rotatable bonds is 3. The number of hydrogen-bond donors (Lipinski definition) is 1. The summed E-state index contributed by atoms with van der Waals surface area (Å²) in [5, 5.41) is 6.65. The van der Waals surface area contributed by atoms with Crippen molar-refractivity contribution in [3.05, 3.63) is 40.8 Å². The lowest BCUT2D eigenvalue weighted by Crippen LogP contribution is -2.40. The Hall–Kier alpha value is -3.03. The van der Waals surface area contributed by atoms with Gasteiger partial charge in [-0.05, 0) is 38.5 Å². The molecule has 2 aliphatic rings. The number of nitrogens with zero attached hydrogens (tertiary/aromatic N) is 2. The van der Waals surface area contributed by atoms with Crippen molar-refractivity contribution in [2.75, 3.05) is 6.79 Å². The molecule has 4 rings (SSSR count). The first-order valence-electron chi connectivity index (χ1n) is 7.86. The highest BCUT2D eigenvalue weighted by molar-refractivity contribution is 6.07. The van der Waals surface area contributed by atoms with Crippen LogP contribution in [0, 0.1) is 13.8 Å². The van der Waals surface area contributed by atoms with Gasteiger partial charge in [-0.2, -0.15) is 0 Å². The molecular weight excluding hydrogens is 326 g/mol. The van der Waals surface area contributed by atoms with E-state index in [0.29, 0.717) is 28.5 Å². The van der Waals surface area contributed by atoms with E-state index < -0.39 is 11.6 Å². The van der Waals surface area contributed by atoms with E-state index in [9.17, 15) is 9.59 Å². The lowest BCUT2D eigenvalue weighted by atomic mass is 9.91. The Bertz CT molecular complexity index is 871. The number of fused-ring (bicyclic) bond motifs is 1. The first-order chi connectivity index (χ1) is 11.9. The Morgan fingerprint density at radius 3 is 2.72 bits per heavy atom. The molecule has 0 spiro atoms. The van der Waals surface area contributed by atoms with E-state index in [1.165, 1.54) is 4.90 Å². The van der Waals surface area contributed by atoms with Crippen molar-refractivity contribution >= 4 is 11.9 Å². The number of imide groups is 1. The molecule has 1 saturated heterocycles. The fourth-order valence-electron chi connectivity index (χ4n) is 3.13. The molecule has 1 N–H and O–H groups in total. The van der Waals surface area contributed by atoms with Crippen LogP contribution in [0.5, 0.6) is 11.5 Å². The Morgan fingerprint density at radius 1 is 1.24 bits per heavy atom. The van der Waals surface area contributed by atoms with Gasteiger partial charge in [0.05, 0.1) is 12.2 Å². The Morgan fingerprint density at radius 2 is 2.00 bits per heavy atom. The van der Waals surface area contributed by atoms with Crippen LogP contribution < -0.4 is 14.8 Å². The molecule has 1 fully saturated rings. The molecule has 130 valence electrons. The number of nitrogens with one attached hydrogen (secondary N) is 1. The van der Waals surface area contributed by atoms with Gasteiger partial charge < -0.3 is 19.3 Å². The number of aromatic nitrogens is 1. The molecule has 3 amide bonds. The lowest BCUT2D eigenvalue weighted by molar-refractivity contribution is -0.131. The second-order valence-electron chi connectivity index (χ2n) is 6.32. The normalized spacial score (nSPS) is 21.8. The highest BCUT2D eigenvalue weighted by atomic mass is 16.7. The van der Waals surface area contributed by atoms with Gasteiger partial charge in [0.1, 0.15) is 11.3 Å². The molecule has 0 radical (unpaired) electrons. The van der Waals surface area contributed by atoms with E-state index in [-0.39, 0.29) is 19.2 Å². The van der Waals surface area contributed by atoms with Crippen molar-refractivity contribution in [2.24, 2.45) is 0 Å². The van der Waals surface area contributed by atoms with Gasteiger partial charge in [0, 0.05) is 5.56 Å². The minimum absolute atomic E-state index is 0.117. The highest BCUT2D eigenvalue weighted by Crippen LogP contribution is 2.38. The fraction of sp³-hybridized carbons (Fsp3) is 0.353. The van der Waals surface area contributed by atoms with Crippen LogP contribution in [0.4, 0.5) is 4.79 Å². The van der Waals surface area contributed by atoms with Gasteiger partial charge >= 0.3 is 6.03 Å². The second-order valence-corrected chi connectivity index (χ2v) is 6.32. The van der Waals surface area contributed by atoms with Gasteiger partial charge in [-0.25, -0.2) is 4.79 Å². The molecule has 25 heavy (non-hydrogen) atoms. The van der Waals surface area contributed by atoms with Gasteiger partial charge in [-0.1, -0.05) is 11.2 Å². The number of benzene rings is 1. The summed E-state index contributed by atoms with van der Waals surface area (Å²) in [4.78, 5) is 26.6.